The van der Waals surface area contributed by atoms with E-state index in [0.717, 1.165) is 5.56 Å². The molecule has 0 aliphatic carbocycles. The average Bonchev–Trinajstić information content (AvgIpc) is 2.92. The van der Waals surface area contributed by atoms with Crippen LogP contribution in [0.4, 0.5) is 11.4 Å². The Morgan fingerprint density at radius 2 is 1.74 bits per heavy atom. The molecule has 0 radical (unpaired) electrons. The summed E-state index contributed by atoms with van der Waals surface area (Å²) < 4.78 is 10.3. The number of carbonyl (C=O) groups is 3. The van der Waals surface area contributed by atoms with E-state index in [-0.39, 0.29) is 31.4 Å². The highest BCUT2D eigenvalue weighted by Gasteiger charge is 2.36. The number of thioether (sulfide) groups is 1. The minimum atomic E-state index is -0.678. The molecule has 1 aliphatic heterocycles. The van der Waals surface area contributed by atoms with Crippen molar-refractivity contribution in [2.75, 3.05) is 19.0 Å². The Morgan fingerprint density at radius 1 is 1.05 bits per heavy atom. The van der Waals surface area contributed by atoms with Gasteiger partial charge in [-0.05, 0) is 73.2 Å². The molecule has 1 saturated heterocycles. The molecular weight excluding hydrogens is 526 g/mol. The number of nitrogens with one attached hydrogen (secondary N) is 1. The normalized spacial score (nSPS) is 16.3. The van der Waals surface area contributed by atoms with Gasteiger partial charge in [-0.15, -0.1) is 0 Å². The minimum Gasteiger partial charge on any atom is -0.497 e. The SMILES string of the molecule is CCOC(=O)c1ccc(N=C2SC(C(=O)Nc3ccc(Cl)cc3)CC(=O)N2Cc2ccc(OC)cc2)cc1. The highest BCUT2D eigenvalue weighted by Crippen LogP contribution is 2.31. The van der Waals surface area contributed by atoms with Crippen molar-refractivity contribution in [3.63, 3.8) is 0 Å². The Labute approximate surface area is 230 Å². The van der Waals surface area contributed by atoms with Crippen LogP contribution < -0.4 is 10.1 Å². The fraction of sp³-hybridized carbons (Fsp3) is 0.214. The molecule has 10 heteroatoms. The van der Waals surface area contributed by atoms with Crippen molar-refractivity contribution in [2.24, 2.45) is 4.99 Å². The smallest absolute Gasteiger partial charge is 0.338 e. The minimum absolute atomic E-state index is 0.0149. The largest absolute Gasteiger partial charge is 0.497 e. The maximum atomic E-state index is 13.3. The molecule has 0 aromatic heterocycles. The Kier molecular flexibility index (Phi) is 9.04. The lowest BCUT2D eigenvalue weighted by Crippen LogP contribution is -2.44. The van der Waals surface area contributed by atoms with Gasteiger partial charge in [0.25, 0.3) is 0 Å². The van der Waals surface area contributed by atoms with Crippen LogP contribution in [0.1, 0.15) is 29.3 Å². The summed E-state index contributed by atoms with van der Waals surface area (Å²) in [5.74, 6) is -0.241. The number of benzene rings is 3. The second-order valence-electron chi connectivity index (χ2n) is 8.30. The molecule has 1 unspecified atom stereocenters. The lowest BCUT2D eigenvalue weighted by Gasteiger charge is -2.32. The molecule has 3 aromatic carbocycles. The van der Waals surface area contributed by atoms with Gasteiger partial charge in [-0.25, -0.2) is 9.79 Å². The summed E-state index contributed by atoms with van der Waals surface area (Å²) in [7, 11) is 1.59. The van der Waals surface area contributed by atoms with Crippen LogP contribution in [0, 0.1) is 0 Å². The Bertz CT molecular complexity index is 1330. The first-order valence-electron chi connectivity index (χ1n) is 11.9. The van der Waals surface area contributed by atoms with E-state index >= 15 is 0 Å². The molecule has 0 bridgehead atoms. The molecule has 0 spiro atoms. The van der Waals surface area contributed by atoms with E-state index in [1.165, 1.54) is 11.8 Å². The van der Waals surface area contributed by atoms with Crippen molar-refractivity contribution in [3.8, 4) is 5.75 Å². The Morgan fingerprint density at radius 3 is 2.37 bits per heavy atom. The molecule has 8 nitrogen and oxygen atoms in total. The monoisotopic (exact) mass is 551 g/mol. The van der Waals surface area contributed by atoms with Gasteiger partial charge in [0.1, 0.15) is 11.0 Å². The molecule has 3 aromatic rings. The Hall–Kier alpha value is -3.82. The summed E-state index contributed by atoms with van der Waals surface area (Å²) in [6.45, 7) is 2.30. The van der Waals surface area contributed by atoms with Crippen LogP contribution in [-0.4, -0.2) is 46.8 Å². The zero-order valence-electron chi connectivity index (χ0n) is 20.8. The zero-order valence-corrected chi connectivity index (χ0v) is 22.4. The molecule has 1 fully saturated rings. The van der Waals surface area contributed by atoms with Crippen molar-refractivity contribution in [2.45, 2.75) is 25.1 Å². The number of esters is 1. The predicted molar refractivity (Wildman–Crippen MR) is 149 cm³/mol. The molecule has 196 valence electrons. The molecular formula is C28H26ClN3O5S. The van der Waals surface area contributed by atoms with Crippen LogP contribution in [0.5, 0.6) is 5.75 Å². The highest BCUT2D eigenvalue weighted by molar-refractivity contribution is 8.15. The van der Waals surface area contributed by atoms with Crippen molar-refractivity contribution < 1.29 is 23.9 Å². The maximum Gasteiger partial charge on any atom is 0.338 e. The number of ether oxygens (including phenoxy) is 2. The molecule has 4 rings (SSSR count). The first-order valence-corrected chi connectivity index (χ1v) is 13.1. The number of hydrogen-bond acceptors (Lipinski definition) is 7. The molecule has 0 saturated carbocycles. The van der Waals surface area contributed by atoms with E-state index in [1.54, 1.807) is 67.5 Å². The number of nitrogens with zero attached hydrogens (tertiary/aromatic N) is 2. The van der Waals surface area contributed by atoms with E-state index in [4.69, 9.17) is 21.1 Å². The van der Waals surface area contributed by atoms with Crippen LogP contribution in [0.2, 0.25) is 5.02 Å². The zero-order chi connectivity index (χ0) is 27.1. The van der Waals surface area contributed by atoms with E-state index < -0.39 is 11.2 Å². The van der Waals surface area contributed by atoms with Gasteiger partial charge in [-0.3, -0.25) is 14.5 Å². The lowest BCUT2D eigenvalue weighted by atomic mass is 10.2. The van der Waals surface area contributed by atoms with Crippen LogP contribution in [0.3, 0.4) is 0 Å². The van der Waals surface area contributed by atoms with Crippen LogP contribution in [-0.2, 0) is 20.9 Å². The maximum absolute atomic E-state index is 13.3. The number of anilines is 1. The van der Waals surface area contributed by atoms with Crippen molar-refractivity contribution in [3.05, 3.63) is 88.9 Å². The predicted octanol–water partition coefficient (Wildman–Crippen LogP) is 5.69. The van der Waals surface area contributed by atoms with Crippen molar-refractivity contribution in [1.29, 1.82) is 0 Å². The van der Waals surface area contributed by atoms with Gasteiger partial charge < -0.3 is 14.8 Å². The number of methoxy groups -OCH3 is 1. The number of halogens is 1. The summed E-state index contributed by atoms with van der Waals surface area (Å²) in [5.41, 5.74) is 2.40. The van der Waals surface area contributed by atoms with E-state index in [2.05, 4.69) is 10.3 Å². The van der Waals surface area contributed by atoms with Gasteiger partial charge in [-0.2, -0.15) is 0 Å². The lowest BCUT2D eigenvalue weighted by molar-refractivity contribution is -0.129. The first-order chi connectivity index (χ1) is 18.4. The molecule has 1 N–H and O–H groups in total. The van der Waals surface area contributed by atoms with Gasteiger partial charge in [0.2, 0.25) is 11.8 Å². The van der Waals surface area contributed by atoms with Crippen LogP contribution in [0.25, 0.3) is 0 Å². The molecule has 1 atom stereocenters. The topological polar surface area (TPSA) is 97.3 Å². The average molecular weight is 552 g/mol. The van der Waals surface area contributed by atoms with E-state index in [9.17, 15) is 14.4 Å². The van der Waals surface area contributed by atoms with Crippen molar-refractivity contribution >= 4 is 57.7 Å². The molecule has 38 heavy (non-hydrogen) atoms. The van der Waals surface area contributed by atoms with E-state index in [1.807, 2.05) is 24.3 Å². The van der Waals surface area contributed by atoms with Gasteiger partial charge in [0.15, 0.2) is 5.17 Å². The van der Waals surface area contributed by atoms with Gasteiger partial charge >= 0.3 is 5.97 Å². The third kappa shape index (κ3) is 6.93. The third-order valence-corrected chi connectivity index (χ3v) is 7.09. The van der Waals surface area contributed by atoms with Crippen LogP contribution >= 0.6 is 23.4 Å². The quantitative estimate of drug-likeness (QED) is 0.361. The van der Waals surface area contributed by atoms with Gasteiger partial charge in [0, 0.05) is 17.1 Å². The van der Waals surface area contributed by atoms with Gasteiger partial charge in [0.05, 0.1) is 31.5 Å². The third-order valence-electron chi connectivity index (χ3n) is 5.65. The number of amidine groups is 1. The summed E-state index contributed by atoms with van der Waals surface area (Å²) in [6, 6.07) is 20.7. The molecule has 1 heterocycles. The Balaban J connectivity index is 1.59. The summed E-state index contributed by atoms with van der Waals surface area (Å²) in [5, 5.41) is 3.11. The summed E-state index contributed by atoms with van der Waals surface area (Å²) in [6.07, 6.45) is 0.0149. The summed E-state index contributed by atoms with van der Waals surface area (Å²) in [4.78, 5) is 44.6. The van der Waals surface area contributed by atoms with E-state index in [0.29, 0.717) is 32.9 Å². The molecule has 1 aliphatic rings. The fourth-order valence-corrected chi connectivity index (χ4v) is 4.89. The number of aliphatic imine (C=N–C) groups is 1. The highest BCUT2D eigenvalue weighted by atomic mass is 35.5. The number of carbonyl (C=O) groups excluding carboxylic acids is 3. The number of hydrogen-bond donors (Lipinski definition) is 1. The standard InChI is InChI=1S/C28H26ClN3O5S/c1-3-37-27(35)19-6-10-22(11-7-19)31-28-32(17-18-4-14-23(36-2)15-5-18)25(33)16-24(38-28)26(34)30-21-12-8-20(29)9-13-21/h4-15,24H,3,16-17H2,1-2H3,(H,30,34). The fourth-order valence-electron chi connectivity index (χ4n) is 3.66. The molecule has 2 amide bonds. The number of amides is 2. The second kappa shape index (κ2) is 12.6. The van der Waals surface area contributed by atoms with Gasteiger partial charge in [-0.1, -0.05) is 35.5 Å². The van der Waals surface area contributed by atoms with Crippen molar-refractivity contribution in [1.82, 2.24) is 4.90 Å². The van der Waals surface area contributed by atoms with Crippen LogP contribution in [0.15, 0.2) is 77.8 Å². The summed E-state index contributed by atoms with van der Waals surface area (Å²) >= 11 is 7.15. The second-order valence-corrected chi connectivity index (χ2v) is 9.90. The first kappa shape index (κ1) is 27.2. The number of rotatable bonds is 8.